The molecular formula is C15H28N2. The molecule has 0 saturated heterocycles. The average Bonchev–Trinajstić information content (AvgIpc) is 3.21. The van der Waals surface area contributed by atoms with Gasteiger partial charge in [-0.25, -0.2) is 0 Å². The Kier molecular flexibility index (Phi) is 3.72. The van der Waals surface area contributed by atoms with Gasteiger partial charge >= 0.3 is 0 Å². The van der Waals surface area contributed by atoms with E-state index in [4.69, 9.17) is 0 Å². The maximum Gasteiger partial charge on any atom is 0.0252 e. The number of hydrogen-bond acceptors (Lipinski definition) is 2. The first-order valence-electron chi connectivity index (χ1n) is 7.87. The Bertz CT molecular complexity index is 243. The highest BCUT2D eigenvalue weighted by atomic mass is 15.2. The molecule has 2 heteroatoms. The first-order valence-corrected chi connectivity index (χ1v) is 7.87. The van der Waals surface area contributed by atoms with Crippen molar-refractivity contribution in [3.8, 4) is 0 Å². The maximum atomic E-state index is 3.75. The average molecular weight is 236 g/mol. The van der Waals surface area contributed by atoms with E-state index in [1.807, 2.05) is 0 Å². The molecule has 0 aliphatic heterocycles. The van der Waals surface area contributed by atoms with Crippen molar-refractivity contribution < 1.29 is 0 Å². The summed E-state index contributed by atoms with van der Waals surface area (Å²) in [6, 6.07) is 2.60. The minimum absolute atomic E-state index is 0.785. The van der Waals surface area contributed by atoms with E-state index < -0.39 is 0 Å². The van der Waals surface area contributed by atoms with E-state index in [-0.39, 0.29) is 0 Å². The minimum atomic E-state index is 0.785. The highest BCUT2D eigenvalue weighted by Crippen LogP contribution is 2.38. The lowest BCUT2D eigenvalue weighted by atomic mass is 9.88. The lowest BCUT2D eigenvalue weighted by molar-refractivity contribution is 0.109. The Hall–Kier alpha value is -0.0800. The van der Waals surface area contributed by atoms with Crippen LogP contribution in [0.5, 0.6) is 0 Å². The summed E-state index contributed by atoms with van der Waals surface area (Å²) in [4.78, 5) is 2.91. The van der Waals surface area contributed by atoms with Gasteiger partial charge in [-0.2, -0.15) is 0 Å². The third kappa shape index (κ3) is 3.03. The minimum Gasteiger partial charge on any atom is -0.313 e. The topological polar surface area (TPSA) is 15.3 Å². The first kappa shape index (κ1) is 12.0. The van der Waals surface area contributed by atoms with E-state index in [2.05, 4.69) is 17.1 Å². The monoisotopic (exact) mass is 236 g/mol. The second-order valence-electron chi connectivity index (χ2n) is 6.39. The Morgan fingerprint density at radius 3 is 2.41 bits per heavy atom. The van der Waals surface area contributed by atoms with Gasteiger partial charge in [0.15, 0.2) is 0 Å². The normalized spacial score (nSPS) is 34.2. The molecule has 3 saturated carbocycles. The van der Waals surface area contributed by atoms with Crippen LogP contribution < -0.4 is 5.32 Å². The molecule has 2 unspecified atom stereocenters. The van der Waals surface area contributed by atoms with Crippen LogP contribution in [0.4, 0.5) is 0 Å². The SMILES string of the molecule is CCNC1CCCCC1N(CC1CC1)C1CC1. The van der Waals surface area contributed by atoms with Crippen molar-refractivity contribution >= 4 is 0 Å². The summed E-state index contributed by atoms with van der Waals surface area (Å²) in [6.45, 7) is 4.81. The van der Waals surface area contributed by atoms with E-state index in [9.17, 15) is 0 Å². The van der Waals surface area contributed by atoms with E-state index in [1.54, 1.807) is 0 Å². The van der Waals surface area contributed by atoms with Crippen LogP contribution in [0, 0.1) is 5.92 Å². The molecule has 3 aliphatic carbocycles. The molecule has 0 bridgehead atoms. The van der Waals surface area contributed by atoms with Gasteiger partial charge in [0.1, 0.15) is 0 Å². The summed E-state index contributed by atoms with van der Waals surface area (Å²) in [6.07, 6.45) is 11.7. The smallest absolute Gasteiger partial charge is 0.0252 e. The molecule has 1 N–H and O–H groups in total. The third-order valence-electron chi connectivity index (χ3n) is 4.80. The van der Waals surface area contributed by atoms with Gasteiger partial charge in [0, 0.05) is 24.7 Å². The first-order chi connectivity index (χ1) is 8.38. The van der Waals surface area contributed by atoms with Crippen molar-refractivity contribution in [1.82, 2.24) is 10.2 Å². The summed E-state index contributed by atoms with van der Waals surface area (Å²) in [7, 11) is 0. The second kappa shape index (κ2) is 5.27. The van der Waals surface area contributed by atoms with Crippen molar-refractivity contribution in [2.24, 2.45) is 5.92 Å². The Morgan fingerprint density at radius 2 is 1.76 bits per heavy atom. The van der Waals surface area contributed by atoms with E-state index in [1.165, 1.54) is 57.9 Å². The zero-order valence-electron chi connectivity index (χ0n) is 11.3. The van der Waals surface area contributed by atoms with Gasteiger partial charge in [0.2, 0.25) is 0 Å². The summed E-state index contributed by atoms with van der Waals surface area (Å²) in [5.74, 6) is 1.06. The van der Waals surface area contributed by atoms with E-state index in [0.717, 1.165) is 30.6 Å². The van der Waals surface area contributed by atoms with Crippen LogP contribution in [-0.4, -0.2) is 36.1 Å². The van der Waals surface area contributed by atoms with Gasteiger partial charge in [-0.05, 0) is 51.0 Å². The van der Waals surface area contributed by atoms with Gasteiger partial charge in [0.25, 0.3) is 0 Å². The van der Waals surface area contributed by atoms with Gasteiger partial charge in [-0.1, -0.05) is 19.8 Å². The quantitative estimate of drug-likeness (QED) is 0.763. The van der Waals surface area contributed by atoms with Crippen LogP contribution in [-0.2, 0) is 0 Å². The molecule has 0 aromatic rings. The molecule has 2 atom stereocenters. The van der Waals surface area contributed by atoms with Crippen LogP contribution >= 0.6 is 0 Å². The molecule has 3 fully saturated rings. The van der Waals surface area contributed by atoms with Crippen molar-refractivity contribution in [1.29, 1.82) is 0 Å². The lowest BCUT2D eigenvalue weighted by Crippen LogP contribution is -2.53. The molecule has 2 nitrogen and oxygen atoms in total. The summed E-state index contributed by atoms with van der Waals surface area (Å²) < 4.78 is 0. The van der Waals surface area contributed by atoms with Crippen molar-refractivity contribution in [2.75, 3.05) is 13.1 Å². The largest absolute Gasteiger partial charge is 0.313 e. The molecule has 0 aromatic carbocycles. The molecule has 0 radical (unpaired) electrons. The molecule has 0 amide bonds. The van der Waals surface area contributed by atoms with Crippen molar-refractivity contribution in [2.45, 2.75) is 76.4 Å². The van der Waals surface area contributed by atoms with E-state index >= 15 is 0 Å². The lowest BCUT2D eigenvalue weighted by Gasteiger charge is -2.41. The zero-order valence-corrected chi connectivity index (χ0v) is 11.3. The van der Waals surface area contributed by atoms with Gasteiger partial charge in [-0.15, -0.1) is 0 Å². The molecule has 98 valence electrons. The summed E-state index contributed by atoms with van der Waals surface area (Å²) in [5.41, 5.74) is 0. The number of likely N-dealkylation sites (N-methyl/N-ethyl adjacent to an activating group) is 1. The van der Waals surface area contributed by atoms with Gasteiger partial charge < -0.3 is 5.32 Å². The van der Waals surface area contributed by atoms with Crippen LogP contribution in [0.25, 0.3) is 0 Å². The summed E-state index contributed by atoms with van der Waals surface area (Å²) in [5, 5.41) is 3.75. The van der Waals surface area contributed by atoms with Gasteiger partial charge in [0.05, 0.1) is 0 Å². The molecule has 17 heavy (non-hydrogen) atoms. The number of rotatable bonds is 6. The summed E-state index contributed by atoms with van der Waals surface area (Å²) >= 11 is 0. The molecule has 3 rings (SSSR count). The Morgan fingerprint density at radius 1 is 1.00 bits per heavy atom. The Balaban J connectivity index is 1.63. The predicted octanol–water partition coefficient (Wildman–Crippen LogP) is 2.78. The number of hydrogen-bond donors (Lipinski definition) is 1. The predicted molar refractivity (Wildman–Crippen MR) is 72.2 cm³/mol. The Labute approximate surface area is 106 Å². The second-order valence-corrected chi connectivity index (χ2v) is 6.39. The van der Waals surface area contributed by atoms with Crippen LogP contribution in [0.15, 0.2) is 0 Å². The third-order valence-corrected chi connectivity index (χ3v) is 4.80. The van der Waals surface area contributed by atoms with Gasteiger partial charge in [-0.3, -0.25) is 4.90 Å². The molecule has 0 heterocycles. The fourth-order valence-electron chi connectivity index (χ4n) is 3.57. The van der Waals surface area contributed by atoms with Crippen molar-refractivity contribution in [3.05, 3.63) is 0 Å². The van der Waals surface area contributed by atoms with Crippen LogP contribution in [0.3, 0.4) is 0 Å². The molecule has 3 aliphatic rings. The van der Waals surface area contributed by atoms with Crippen molar-refractivity contribution in [3.63, 3.8) is 0 Å². The zero-order chi connectivity index (χ0) is 11.7. The number of nitrogens with one attached hydrogen (secondary N) is 1. The molecular weight excluding hydrogens is 208 g/mol. The molecule has 0 spiro atoms. The standard InChI is InChI=1S/C15H28N2/c1-2-16-14-5-3-4-6-15(14)17(13-9-10-13)11-12-7-8-12/h12-16H,2-11H2,1H3. The highest BCUT2D eigenvalue weighted by Gasteiger charge is 2.40. The molecule has 0 aromatic heterocycles. The van der Waals surface area contributed by atoms with Crippen LogP contribution in [0.2, 0.25) is 0 Å². The van der Waals surface area contributed by atoms with E-state index in [0.29, 0.717) is 0 Å². The fourth-order valence-corrected chi connectivity index (χ4v) is 3.57. The number of nitrogens with zero attached hydrogens (tertiary/aromatic N) is 1. The highest BCUT2D eigenvalue weighted by molar-refractivity contribution is 4.97. The maximum absolute atomic E-state index is 3.75. The fraction of sp³-hybridized carbons (Fsp3) is 1.00. The van der Waals surface area contributed by atoms with Crippen LogP contribution in [0.1, 0.15) is 58.3 Å².